The van der Waals surface area contributed by atoms with E-state index >= 15 is 0 Å². The smallest absolute Gasteiger partial charge is 0.187 e. The van der Waals surface area contributed by atoms with Crippen LogP contribution < -0.4 is 5.32 Å². The van der Waals surface area contributed by atoms with Gasteiger partial charge in [0.2, 0.25) is 0 Å². The Morgan fingerprint density at radius 1 is 1.20 bits per heavy atom. The van der Waals surface area contributed by atoms with Crippen molar-refractivity contribution in [3.05, 3.63) is 24.3 Å². The van der Waals surface area contributed by atoms with Crippen LogP contribution >= 0.6 is 0 Å². The second kappa shape index (κ2) is 2.76. The van der Waals surface area contributed by atoms with Gasteiger partial charge in [-0.1, -0.05) is 18.6 Å². The third kappa shape index (κ3) is 1.03. The fourth-order valence-electron chi connectivity index (χ4n) is 2.45. The fraction of sp³-hybridized carbons (Fsp3) is 0.455. The first kappa shape index (κ1) is 9.21. The Labute approximate surface area is 89.4 Å². The molecule has 1 aliphatic heterocycles. The minimum Gasteiger partial charge on any atom is -0.382 e. The molecule has 1 saturated carbocycles. The molecule has 0 unspecified atom stereocenters. The molecule has 0 saturated heterocycles. The van der Waals surface area contributed by atoms with Crippen molar-refractivity contribution in [1.82, 2.24) is 0 Å². The minimum absolute atomic E-state index is 0.482. The highest BCUT2D eigenvalue weighted by molar-refractivity contribution is 7.93. The SMILES string of the molecule is O=S1(=O)c2ccccc2NCC12CCC2. The molecule has 1 fully saturated rings. The first-order chi connectivity index (χ1) is 7.16. The predicted molar refractivity (Wildman–Crippen MR) is 58.7 cm³/mol. The molecule has 1 aromatic carbocycles. The molecule has 4 heteroatoms. The summed E-state index contributed by atoms with van der Waals surface area (Å²) >= 11 is 0. The van der Waals surface area contributed by atoms with Crippen LogP contribution in [0.5, 0.6) is 0 Å². The highest BCUT2D eigenvalue weighted by Crippen LogP contribution is 2.47. The zero-order chi connectivity index (χ0) is 10.5. The topological polar surface area (TPSA) is 46.2 Å². The normalized spacial score (nSPS) is 25.1. The van der Waals surface area contributed by atoms with E-state index < -0.39 is 14.6 Å². The predicted octanol–water partition coefficient (Wildman–Crippen LogP) is 1.81. The molecule has 0 aromatic heterocycles. The molecule has 1 aliphatic carbocycles. The van der Waals surface area contributed by atoms with Crippen LogP contribution in [-0.4, -0.2) is 19.7 Å². The summed E-state index contributed by atoms with van der Waals surface area (Å²) in [7, 11) is -3.11. The first-order valence-corrected chi connectivity index (χ1v) is 6.72. The van der Waals surface area contributed by atoms with E-state index in [0.717, 1.165) is 24.9 Å². The van der Waals surface area contributed by atoms with Gasteiger partial charge in [0.25, 0.3) is 0 Å². The second-order valence-electron chi connectivity index (χ2n) is 4.39. The van der Waals surface area contributed by atoms with Crippen LogP contribution in [-0.2, 0) is 9.84 Å². The van der Waals surface area contributed by atoms with Crippen LogP contribution in [0.3, 0.4) is 0 Å². The summed E-state index contributed by atoms with van der Waals surface area (Å²) in [4.78, 5) is 0.482. The number of anilines is 1. The average molecular weight is 223 g/mol. The van der Waals surface area contributed by atoms with Gasteiger partial charge in [-0.05, 0) is 25.0 Å². The van der Waals surface area contributed by atoms with E-state index in [-0.39, 0.29) is 0 Å². The molecule has 80 valence electrons. The number of hydrogen-bond acceptors (Lipinski definition) is 3. The third-order valence-electron chi connectivity index (χ3n) is 3.61. The van der Waals surface area contributed by atoms with Crippen LogP contribution in [0.4, 0.5) is 5.69 Å². The highest BCUT2D eigenvalue weighted by Gasteiger charge is 2.52. The molecule has 0 radical (unpaired) electrons. The Morgan fingerprint density at radius 2 is 1.93 bits per heavy atom. The van der Waals surface area contributed by atoms with Crippen LogP contribution in [0, 0.1) is 0 Å². The molecule has 3 nitrogen and oxygen atoms in total. The lowest BCUT2D eigenvalue weighted by atomic mass is 9.84. The molecule has 1 spiro atoms. The maximum absolute atomic E-state index is 12.4. The largest absolute Gasteiger partial charge is 0.382 e. The Morgan fingerprint density at radius 3 is 2.60 bits per heavy atom. The van der Waals surface area contributed by atoms with Gasteiger partial charge in [0.05, 0.1) is 15.3 Å². The number of rotatable bonds is 0. The highest BCUT2D eigenvalue weighted by atomic mass is 32.2. The van der Waals surface area contributed by atoms with Gasteiger partial charge in [0, 0.05) is 6.54 Å². The number of sulfone groups is 1. The lowest BCUT2D eigenvalue weighted by molar-refractivity contribution is 0.347. The van der Waals surface area contributed by atoms with Crippen molar-refractivity contribution in [2.75, 3.05) is 11.9 Å². The summed E-state index contributed by atoms with van der Waals surface area (Å²) in [5, 5.41) is 3.23. The molecule has 1 N–H and O–H groups in total. The summed E-state index contributed by atoms with van der Waals surface area (Å²) < 4.78 is 24.2. The summed E-state index contributed by atoms with van der Waals surface area (Å²) in [6, 6.07) is 7.19. The van der Waals surface area contributed by atoms with Gasteiger partial charge in [-0.2, -0.15) is 0 Å². The average Bonchev–Trinajstić information content (AvgIpc) is 2.15. The third-order valence-corrected chi connectivity index (χ3v) is 6.24. The van der Waals surface area contributed by atoms with Gasteiger partial charge >= 0.3 is 0 Å². The number of hydrogen-bond donors (Lipinski definition) is 1. The first-order valence-electron chi connectivity index (χ1n) is 5.23. The van der Waals surface area contributed by atoms with E-state index in [9.17, 15) is 8.42 Å². The van der Waals surface area contributed by atoms with Gasteiger partial charge in [0.1, 0.15) is 0 Å². The van der Waals surface area contributed by atoms with Crippen molar-refractivity contribution >= 4 is 15.5 Å². The van der Waals surface area contributed by atoms with Crippen molar-refractivity contribution < 1.29 is 8.42 Å². The lowest BCUT2D eigenvalue weighted by Crippen LogP contribution is -2.53. The molecule has 0 bridgehead atoms. The van der Waals surface area contributed by atoms with Gasteiger partial charge in [-0.15, -0.1) is 0 Å². The van der Waals surface area contributed by atoms with Gasteiger partial charge in [-0.3, -0.25) is 0 Å². The van der Waals surface area contributed by atoms with E-state index in [0.29, 0.717) is 11.4 Å². The Bertz CT molecular complexity index is 503. The summed E-state index contributed by atoms with van der Waals surface area (Å²) in [5.74, 6) is 0. The van der Waals surface area contributed by atoms with Gasteiger partial charge in [0.15, 0.2) is 9.84 Å². The minimum atomic E-state index is -3.11. The number of nitrogens with one attached hydrogen (secondary N) is 1. The van der Waals surface area contributed by atoms with Crippen molar-refractivity contribution in [1.29, 1.82) is 0 Å². The molecule has 1 aromatic rings. The molecule has 2 aliphatic rings. The maximum Gasteiger partial charge on any atom is 0.187 e. The molecule has 0 amide bonds. The van der Waals surface area contributed by atoms with Crippen molar-refractivity contribution in [2.24, 2.45) is 0 Å². The van der Waals surface area contributed by atoms with Crippen molar-refractivity contribution in [2.45, 2.75) is 28.9 Å². The van der Waals surface area contributed by atoms with E-state index in [2.05, 4.69) is 5.32 Å². The molecule has 0 atom stereocenters. The number of benzene rings is 1. The Balaban J connectivity index is 2.21. The van der Waals surface area contributed by atoms with Gasteiger partial charge < -0.3 is 5.32 Å². The summed E-state index contributed by atoms with van der Waals surface area (Å²) in [6.07, 6.45) is 2.64. The maximum atomic E-state index is 12.4. The second-order valence-corrected chi connectivity index (χ2v) is 6.70. The fourth-order valence-corrected chi connectivity index (χ4v) is 4.69. The van der Waals surface area contributed by atoms with Crippen LogP contribution in [0.15, 0.2) is 29.2 Å². The number of fused-ring (bicyclic) bond motifs is 1. The molecule has 15 heavy (non-hydrogen) atoms. The molecule has 1 heterocycles. The van der Waals surface area contributed by atoms with Crippen LogP contribution in [0.1, 0.15) is 19.3 Å². The van der Waals surface area contributed by atoms with E-state index in [1.165, 1.54) is 0 Å². The molecular weight excluding hydrogens is 210 g/mol. The standard InChI is InChI=1S/C11H13NO2S/c13-15(14)10-5-2-1-4-9(10)12-8-11(15)6-3-7-11/h1-2,4-5,12H,3,6-8H2. The van der Waals surface area contributed by atoms with E-state index in [1.807, 2.05) is 12.1 Å². The zero-order valence-electron chi connectivity index (χ0n) is 8.36. The van der Waals surface area contributed by atoms with Crippen molar-refractivity contribution in [3.63, 3.8) is 0 Å². The molecule has 3 rings (SSSR count). The van der Waals surface area contributed by atoms with E-state index in [1.54, 1.807) is 12.1 Å². The van der Waals surface area contributed by atoms with Crippen LogP contribution in [0.25, 0.3) is 0 Å². The van der Waals surface area contributed by atoms with Crippen molar-refractivity contribution in [3.8, 4) is 0 Å². The van der Waals surface area contributed by atoms with Crippen LogP contribution in [0.2, 0.25) is 0 Å². The zero-order valence-corrected chi connectivity index (χ0v) is 9.18. The Kier molecular flexibility index (Phi) is 1.69. The monoisotopic (exact) mass is 223 g/mol. The molecular formula is C11H13NO2S. The number of para-hydroxylation sites is 1. The van der Waals surface area contributed by atoms with Gasteiger partial charge in [-0.25, -0.2) is 8.42 Å². The summed E-state index contributed by atoms with van der Waals surface area (Å²) in [5.41, 5.74) is 0.759. The van der Waals surface area contributed by atoms with E-state index in [4.69, 9.17) is 0 Å². The summed E-state index contributed by atoms with van der Waals surface area (Å²) in [6.45, 7) is 0.576. The Hall–Kier alpha value is -1.03. The quantitative estimate of drug-likeness (QED) is 0.729. The lowest BCUT2D eigenvalue weighted by Gasteiger charge is -2.44.